The van der Waals surface area contributed by atoms with Gasteiger partial charge in [0.15, 0.2) is 0 Å². The first-order valence-corrected chi connectivity index (χ1v) is 7.54. The van der Waals surface area contributed by atoms with Crippen LogP contribution >= 0.6 is 11.3 Å². The van der Waals surface area contributed by atoms with Gasteiger partial charge < -0.3 is 15.6 Å². The summed E-state index contributed by atoms with van der Waals surface area (Å²) in [5.41, 5.74) is 1.85. The van der Waals surface area contributed by atoms with Crippen LogP contribution in [0.2, 0.25) is 0 Å². The van der Waals surface area contributed by atoms with E-state index in [1.165, 1.54) is 11.3 Å². The van der Waals surface area contributed by atoms with Gasteiger partial charge in [0.1, 0.15) is 17.5 Å². The number of aromatic amines is 1. The molecule has 0 saturated carbocycles. The highest BCUT2D eigenvalue weighted by Gasteiger charge is 2.09. The Morgan fingerprint density at radius 1 is 1.25 bits per heavy atom. The fraction of sp³-hybridized carbons (Fsp3) is 0.462. The fourth-order valence-corrected chi connectivity index (χ4v) is 2.39. The summed E-state index contributed by atoms with van der Waals surface area (Å²) in [6, 6.07) is 0. The summed E-state index contributed by atoms with van der Waals surface area (Å²) >= 11 is 1.17. The molecule has 20 heavy (non-hydrogen) atoms. The van der Waals surface area contributed by atoms with Crippen molar-refractivity contribution in [3.8, 4) is 0 Å². The van der Waals surface area contributed by atoms with Gasteiger partial charge in [-0.2, -0.15) is 0 Å². The number of thiazole rings is 1. The van der Waals surface area contributed by atoms with E-state index < -0.39 is 0 Å². The van der Waals surface area contributed by atoms with Crippen molar-refractivity contribution in [1.82, 2.24) is 15.0 Å². The second-order valence-electron chi connectivity index (χ2n) is 4.37. The molecule has 0 unspecified atom stereocenters. The van der Waals surface area contributed by atoms with Crippen molar-refractivity contribution < 1.29 is 0 Å². The molecule has 2 aromatic rings. The zero-order chi connectivity index (χ0) is 14.5. The minimum absolute atomic E-state index is 0.0382. The van der Waals surface area contributed by atoms with E-state index in [9.17, 15) is 4.79 Å². The number of rotatable bonds is 6. The molecular weight excluding hydrogens is 274 g/mol. The number of nitrogens with zero attached hydrogens (tertiary/aromatic N) is 2. The summed E-state index contributed by atoms with van der Waals surface area (Å²) < 4.78 is 0. The molecule has 2 rings (SSSR count). The largest absolute Gasteiger partial charge is 0.370 e. The van der Waals surface area contributed by atoms with Crippen LogP contribution in [0.1, 0.15) is 30.9 Å². The summed E-state index contributed by atoms with van der Waals surface area (Å²) in [6.45, 7) is 7.41. The molecule has 0 amide bonds. The van der Waals surface area contributed by atoms with Gasteiger partial charge in [-0.05, 0) is 13.8 Å². The number of hydrogen-bond donors (Lipinski definition) is 3. The van der Waals surface area contributed by atoms with Gasteiger partial charge in [-0.3, -0.25) is 4.79 Å². The third-order valence-corrected chi connectivity index (χ3v) is 3.59. The Hall–Kier alpha value is -1.89. The van der Waals surface area contributed by atoms with Crippen LogP contribution in [-0.2, 0) is 13.0 Å². The number of aromatic nitrogens is 3. The normalized spacial score (nSPS) is 10.6. The Bertz CT molecular complexity index is 634. The highest BCUT2D eigenvalue weighted by Crippen LogP contribution is 2.20. The molecule has 0 atom stereocenters. The third kappa shape index (κ3) is 3.36. The molecule has 0 spiro atoms. The van der Waals surface area contributed by atoms with Gasteiger partial charge in [0, 0.05) is 29.6 Å². The third-order valence-electron chi connectivity index (χ3n) is 2.87. The van der Waals surface area contributed by atoms with Crippen LogP contribution in [0.25, 0.3) is 0 Å². The summed E-state index contributed by atoms with van der Waals surface area (Å²) in [5.74, 6) is 2.47. The molecule has 0 bridgehead atoms. The summed E-state index contributed by atoms with van der Waals surface area (Å²) in [5, 5.41) is 8.33. The summed E-state index contributed by atoms with van der Waals surface area (Å²) in [7, 11) is 0. The maximum absolute atomic E-state index is 11.1. The Morgan fingerprint density at radius 3 is 2.50 bits per heavy atom. The molecule has 0 fully saturated rings. The monoisotopic (exact) mass is 293 g/mol. The van der Waals surface area contributed by atoms with Crippen LogP contribution in [0, 0.1) is 6.92 Å². The molecule has 0 aliphatic heterocycles. The summed E-state index contributed by atoms with van der Waals surface area (Å²) in [6.07, 6.45) is 0.780. The van der Waals surface area contributed by atoms with Gasteiger partial charge in [0.25, 0.3) is 0 Å². The maximum atomic E-state index is 11.1. The van der Waals surface area contributed by atoms with Gasteiger partial charge in [-0.25, -0.2) is 9.97 Å². The van der Waals surface area contributed by atoms with Crippen molar-refractivity contribution in [2.45, 2.75) is 33.7 Å². The van der Waals surface area contributed by atoms with Crippen molar-refractivity contribution in [3.05, 3.63) is 32.1 Å². The van der Waals surface area contributed by atoms with Crippen LogP contribution in [0.5, 0.6) is 0 Å². The fourth-order valence-electron chi connectivity index (χ4n) is 1.81. The maximum Gasteiger partial charge on any atom is 0.304 e. The Kier molecular flexibility index (Phi) is 4.73. The van der Waals surface area contributed by atoms with Crippen LogP contribution < -0.4 is 15.5 Å². The van der Waals surface area contributed by atoms with Crippen molar-refractivity contribution in [2.24, 2.45) is 0 Å². The lowest BCUT2D eigenvalue weighted by Gasteiger charge is -2.13. The molecule has 7 heteroatoms. The highest BCUT2D eigenvalue weighted by atomic mass is 32.1. The molecule has 0 radical (unpaired) electrons. The van der Waals surface area contributed by atoms with E-state index in [4.69, 9.17) is 0 Å². The van der Waals surface area contributed by atoms with E-state index in [2.05, 4.69) is 25.6 Å². The molecule has 6 nitrogen and oxygen atoms in total. The lowest BCUT2D eigenvalue weighted by Crippen LogP contribution is -2.11. The Balaban J connectivity index is 2.21. The van der Waals surface area contributed by atoms with E-state index in [-0.39, 0.29) is 4.87 Å². The second kappa shape index (κ2) is 6.51. The number of hydrogen-bond acceptors (Lipinski definition) is 6. The van der Waals surface area contributed by atoms with E-state index >= 15 is 0 Å². The highest BCUT2D eigenvalue weighted by molar-refractivity contribution is 7.07. The van der Waals surface area contributed by atoms with Crippen molar-refractivity contribution in [3.63, 3.8) is 0 Å². The molecule has 0 aliphatic carbocycles. The van der Waals surface area contributed by atoms with Crippen LogP contribution in [0.3, 0.4) is 0 Å². The summed E-state index contributed by atoms with van der Waals surface area (Å²) in [4.78, 5) is 22.8. The zero-order valence-corrected chi connectivity index (χ0v) is 12.7. The molecule has 0 saturated heterocycles. The molecule has 108 valence electrons. The van der Waals surface area contributed by atoms with Gasteiger partial charge in [0.05, 0.1) is 6.54 Å². The molecule has 3 N–H and O–H groups in total. The van der Waals surface area contributed by atoms with Crippen LogP contribution in [-0.4, -0.2) is 21.5 Å². The second-order valence-corrected chi connectivity index (χ2v) is 5.22. The van der Waals surface area contributed by atoms with E-state index in [1.54, 1.807) is 0 Å². The lowest BCUT2D eigenvalue weighted by molar-refractivity contribution is 0.915. The number of aryl methyl sites for hydroxylation is 1. The van der Waals surface area contributed by atoms with Crippen molar-refractivity contribution in [2.75, 3.05) is 17.2 Å². The van der Waals surface area contributed by atoms with E-state index in [0.29, 0.717) is 6.54 Å². The van der Waals surface area contributed by atoms with Crippen LogP contribution in [0.15, 0.2) is 10.2 Å². The average Bonchev–Trinajstić information content (AvgIpc) is 2.85. The Morgan fingerprint density at radius 2 is 1.95 bits per heavy atom. The van der Waals surface area contributed by atoms with Crippen molar-refractivity contribution >= 4 is 23.0 Å². The quantitative estimate of drug-likeness (QED) is 0.760. The van der Waals surface area contributed by atoms with Crippen LogP contribution in [0.4, 0.5) is 11.6 Å². The SMILES string of the molecule is CCNc1nc(CC)nc(NCc2csc(=O)[nH]2)c1C. The van der Waals surface area contributed by atoms with Gasteiger partial charge in [0.2, 0.25) is 0 Å². The minimum atomic E-state index is -0.0382. The van der Waals surface area contributed by atoms with Gasteiger partial charge in [-0.15, -0.1) is 0 Å². The number of H-pyrrole nitrogens is 1. The van der Waals surface area contributed by atoms with Gasteiger partial charge >= 0.3 is 4.87 Å². The molecule has 2 aromatic heterocycles. The minimum Gasteiger partial charge on any atom is -0.370 e. The van der Waals surface area contributed by atoms with E-state index in [0.717, 1.165) is 41.7 Å². The molecule has 0 aliphatic rings. The Labute approximate surface area is 121 Å². The van der Waals surface area contributed by atoms with Crippen molar-refractivity contribution in [1.29, 1.82) is 0 Å². The molecular formula is C13H19N5OS. The van der Waals surface area contributed by atoms with Gasteiger partial charge in [-0.1, -0.05) is 18.3 Å². The lowest BCUT2D eigenvalue weighted by atomic mass is 10.2. The first-order chi connectivity index (χ1) is 9.63. The smallest absolute Gasteiger partial charge is 0.304 e. The first kappa shape index (κ1) is 14.5. The van der Waals surface area contributed by atoms with E-state index in [1.807, 2.05) is 26.2 Å². The standard InChI is InChI=1S/C13H19N5OS/c1-4-10-17-11(14-5-2)8(3)12(18-10)15-6-9-7-20-13(19)16-9/h7H,4-6H2,1-3H3,(H,16,19)(H2,14,15,17,18). The predicted molar refractivity (Wildman–Crippen MR) is 82.6 cm³/mol. The number of anilines is 2. The molecule has 2 heterocycles. The first-order valence-electron chi connectivity index (χ1n) is 6.66. The zero-order valence-electron chi connectivity index (χ0n) is 11.9. The molecule has 0 aromatic carbocycles. The topological polar surface area (TPSA) is 82.7 Å². The predicted octanol–water partition coefficient (Wildman–Crippen LogP) is 2.14. The average molecular weight is 293 g/mol. The number of nitrogens with one attached hydrogen (secondary N) is 3.